The topological polar surface area (TPSA) is 51.0 Å². The summed E-state index contributed by atoms with van der Waals surface area (Å²) < 4.78 is 20.2. The van der Waals surface area contributed by atoms with Crippen molar-refractivity contribution in [2.45, 2.75) is 6.04 Å². The Morgan fingerprint density at radius 2 is 1.56 bits per heavy atom. The van der Waals surface area contributed by atoms with Gasteiger partial charge < -0.3 is 9.73 Å². The van der Waals surface area contributed by atoms with Crippen LogP contribution in [-0.4, -0.2) is 10.2 Å². The number of halogens is 2. The highest BCUT2D eigenvalue weighted by atomic mass is 79.9. The van der Waals surface area contributed by atoms with Gasteiger partial charge in [-0.1, -0.05) is 42.5 Å². The largest absolute Gasteiger partial charge is 0.418 e. The summed E-state index contributed by atoms with van der Waals surface area (Å²) in [5, 5.41) is 11.8. The molecule has 1 heterocycles. The van der Waals surface area contributed by atoms with Gasteiger partial charge in [0.25, 0.3) is 0 Å². The average molecular weight is 424 g/mol. The molecule has 4 aromatic rings. The molecule has 0 amide bonds. The molecule has 0 saturated carbocycles. The summed E-state index contributed by atoms with van der Waals surface area (Å²) in [6.45, 7) is 0. The third-order valence-electron chi connectivity index (χ3n) is 4.09. The van der Waals surface area contributed by atoms with Gasteiger partial charge in [0.1, 0.15) is 11.9 Å². The molecule has 0 aliphatic heterocycles. The van der Waals surface area contributed by atoms with Crippen LogP contribution in [0.25, 0.3) is 11.5 Å². The summed E-state index contributed by atoms with van der Waals surface area (Å²) in [4.78, 5) is 0. The average Bonchev–Trinajstić information content (AvgIpc) is 3.19. The van der Waals surface area contributed by atoms with Crippen molar-refractivity contribution in [3.63, 3.8) is 0 Å². The highest BCUT2D eigenvalue weighted by Crippen LogP contribution is 2.31. The van der Waals surface area contributed by atoms with Crippen LogP contribution in [0.1, 0.15) is 17.5 Å². The number of anilines is 1. The summed E-state index contributed by atoms with van der Waals surface area (Å²) >= 11 is 3.53. The maximum atomic E-state index is 13.4. The Balaban J connectivity index is 1.73. The molecule has 4 rings (SSSR count). The number of nitrogens with one attached hydrogen (secondary N) is 1. The molecule has 1 aromatic heterocycles. The number of rotatable bonds is 5. The van der Waals surface area contributed by atoms with Gasteiger partial charge in [-0.2, -0.15) is 0 Å². The molecule has 0 saturated heterocycles. The van der Waals surface area contributed by atoms with E-state index in [-0.39, 0.29) is 5.82 Å². The Bertz CT molecular complexity index is 1030. The number of hydrogen-bond acceptors (Lipinski definition) is 4. The smallest absolute Gasteiger partial charge is 0.247 e. The molecule has 134 valence electrons. The highest BCUT2D eigenvalue weighted by Gasteiger charge is 2.22. The second-order valence-corrected chi connectivity index (χ2v) is 6.77. The van der Waals surface area contributed by atoms with Crippen LogP contribution >= 0.6 is 15.9 Å². The maximum Gasteiger partial charge on any atom is 0.247 e. The van der Waals surface area contributed by atoms with E-state index in [0.29, 0.717) is 11.8 Å². The third-order valence-corrected chi connectivity index (χ3v) is 4.78. The number of para-hydroxylation sites is 1. The van der Waals surface area contributed by atoms with Gasteiger partial charge in [0, 0.05) is 15.7 Å². The van der Waals surface area contributed by atoms with E-state index in [1.54, 1.807) is 12.1 Å². The first kappa shape index (κ1) is 17.4. The Hall–Kier alpha value is -2.99. The van der Waals surface area contributed by atoms with Crippen LogP contribution in [0.4, 0.5) is 10.1 Å². The van der Waals surface area contributed by atoms with Crippen LogP contribution in [-0.2, 0) is 0 Å². The fourth-order valence-electron chi connectivity index (χ4n) is 2.73. The van der Waals surface area contributed by atoms with Crippen LogP contribution in [0.2, 0.25) is 0 Å². The van der Waals surface area contributed by atoms with E-state index >= 15 is 0 Å². The predicted molar refractivity (Wildman–Crippen MR) is 106 cm³/mol. The van der Waals surface area contributed by atoms with Gasteiger partial charge >= 0.3 is 0 Å². The number of aromatic nitrogens is 2. The zero-order valence-corrected chi connectivity index (χ0v) is 15.7. The molecular weight excluding hydrogens is 409 g/mol. The van der Waals surface area contributed by atoms with Crippen molar-refractivity contribution in [1.82, 2.24) is 10.2 Å². The van der Waals surface area contributed by atoms with Gasteiger partial charge in [0.05, 0.1) is 0 Å². The molecule has 0 fully saturated rings. The predicted octanol–water partition coefficient (Wildman–Crippen LogP) is 5.84. The molecule has 3 aromatic carbocycles. The van der Waals surface area contributed by atoms with Crippen LogP contribution in [0, 0.1) is 5.82 Å². The number of nitrogens with zero attached hydrogens (tertiary/aromatic N) is 2. The van der Waals surface area contributed by atoms with E-state index in [0.717, 1.165) is 21.3 Å². The number of hydrogen-bond donors (Lipinski definition) is 1. The molecule has 0 radical (unpaired) electrons. The van der Waals surface area contributed by atoms with Crippen LogP contribution in [0.3, 0.4) is 0 Å². The van der Waals surface area contributed by atoms with Crippen molar-refractivity contribution >= 4 is 21.6 Å². The molecule has 1 N–H and O–H groups in total. The first-order chi connectivity index (χ1) is 13.2. The van der Waals surface area contributed by atoms with E-state index in [4.69, 9.17) is 4.42 Å². The Labute approximate surface area is 164 Å². The van der Waals surface area contributed by atoms with Crippen molar-refractivity contribution in [1.29, 1.82) is 0 Å². The molecule has 27 heavy (non-hydrogen) atoms. The van der Waals surface area contributed by atoms with Gasteiger partial charge in [-0.3, -0.25) is 0 Å². The molecule has 0 aliphatic rings. The monoisotopic (exact) mass is 423 g/mol. The first-order valence-corrected chi connectivity index (χ1v) is 9.15. The molecule has 0 unspecified atom stereocenters. The molecule has 0 aliphatic carbocycles. The summed E-state index contributed by atoms with van der Waals surface area (Å²) in [6.07, 6.45) is 0. The van der Waals surface area contributed by atoms with Gasteiger partial charge in [0.15, 0.2) is 0 Å². The molecular formula is C21H15BrFN3O. The fourth-order valence-corrected chi connectivity index (χ4v) is 3.12. The fraction of sp³-hybridized carbons (Fsp3) is 0.0476. The van der Waals surface area contributed by atoms with Crippen LogP contribution < -0.4 is 5.32 Å². The standard InChI is InChI=1S/C21H15BrFN3O/c22-17-8-4-5-9-18(17)24-19(14-10-12-16(23)13-11-14)21-26-25-20(27-21)15-6-2-1-3-7-15/h1-13,19,24H/t19-/m0/s1. The second-order valence-electron chi connectivity index (χ2n) is 5.92. The summed E-state index contributed by atoms with van der Waals surface area (Å²) in [7, 11) is 0. The second kappa shape index (κ2) is 7.72. The van der Waals surface area contributed by atoms with Crippen molar-refractivity contribution in [3.8, 4) is 11.5 Å². The maximum absolute atomic E-state index is 13.4. The molecule has 4 nitrogen and oxygen atoms in total. The molecule has 1 atom stereocenters. The molecule has 6 heteroatoms. The zero-order chi connectivity index (χ0) is 18.6. The van der Waals surface area contributed by atoms with Crippen molar-refractivity contribution in [3.05, 3.63) is 101 Å². The molecule has 0 bridgehead atoms. The van der Waals surface area contributed by atoms with Crippen LogP contribution in [0.5, 0.6) is 0 Å². The Morgan fingerprint density at radius 3 is 2.30 bits per heavy atom. The van der Waals surface area contributed by atoms with E-state index in [2.05, 4.69) is 31.4 Å². The minimum absolute atomic E-state index is 0.297. The highest BCUT2D eigenvalue weighted by molar-refractivity contribution is 9.10. The van der Waals surface area contributed by atoms with Gasteiger partial charge in [-0.05, 0) is 57.9 Å². The lowest BCUT2D eigenvalue weighted by molar-refractivity contribution is 0.493. The summed E-state index contributed by atoms with van der Waals surface area (Å²) in [6, 6.07) is 23.1. The van der Waals surface area contributed by atoms with Gasteiger partial charge in [-0.25, -0.2) is 4.39 Å². The normalized spacial score (nSPS) is 11.9. The van der Waals surface area contributed by atoms with E-state index in [1.807, 2.05) is 54.6 Å². The van der Waals surface area contributed by atoms with E-state index in [9.17, 15) is 4.39 Å². The van der Waals surface area contributed by atoms with Gasteiger partial charge in [0.2, 0.25) is 11.8 Å². The SMILES string of the molecule is Fc1ccc([C@H](Nc2ccccc2Br)c2nnc(-c3ccccc3)o2)cc1. The molecule has 0 spiro atoms. The Morgan fingerprint density at radius 1 is 0.852 bits per heavy atom. The zero-order valence-electron chi connectivity index (χ0n) is 14.1. The van der Waals surface area contributed by atoms with E-state index < -0.39 is 6.04 Å². The van der Waals surface area contributed by atoms with E-state index in [1.165, 1.54) is 12.1 Å². The minimum atomic E-state index is -0.422. The lowest BCUT2D eigenvalue weighted by atomic mass is 10.1. The third kappa shape index (κ3) is 3.90. The Kier molecular flexibility index (Phi) is 4.98. The van der Waals surface area contributed by atoms with Gasteiger partial charge in [-0.15, -0.1) is 10.2 Å². The number of benzene rings is 3. The van der Waals surface area contributed by atoms with Crippen LogP contribution in [0.15, 0.2) is 87.8 Å². The lowest BCUT2D eigenvalue weighted by Crippen LogP contribution is -2.13. The van der Waals surface area contributed by atoms with Crippen molar-refractivity contribution in [2.24, 2.45) is 0 Å². The summed E-state index contributed by atoms with van der Waals surface area (Å²) in [5.41, 5.74) is 2.52. The van der Waals surface area contributed by atoms with Crippen molar-refractivity contribution < 1.29 is 8.81 Å². The summed E-state index contributed by atoms with van der Waals surface area (Å²) in [5.74, 6) is 0.539. The lowest BCUT2D eigenvalue weighted by Gasteiger charge is -2.18. The minimum Gasteiger partial charge on any atom is -0.418 e. The quantitative estimate of drug-likeness (QED) is 0.437. The first-order valence-electron chi connectivity index (χ1n) is 8.36. The van der Waals surface area contributed by atoms with Crippen molar-refractivity contribution in [2.75, 3.05) is 5.32 Å².